The first-order valence-corrected chi connectivity index (χ1v) is 9.19. The van der Waals surface area contributed by atoms with Gasteiger partial charge in [-0.3, -0.25) is 4.79 Å². The Morgan fingerprint density at radius 1 is 1.00 bits per heavy atom. The summed E-state index contributed by atoms with van der Waals surface area (Å²) in [5.41, 5.74) is 3.01. The highest BCUT2D eigenvalue weighted by Gasteiger charge is 2.30. The van der Waals surface area contributed by atoms with Crippen molar-refractivity contribution in [1.29, 1.82) is 0 Å². The number of nitrogens with zero attached hydrogens (tertiary/aromatic N) is 2. The van der Waals surface area contributed by atoms with Gasteiger partial charge in [-0.25, -0.2) is 4.68 Å². The van der Waals surface area contributed by atoms with Crippen molar-refractivity contribution in [2.45, 2.75) is 12.3 Å². The van der Waals surface area contributed by atoms with Crippen LogP contribution in [0.3, 0.4) is 0 Å². The molecule has 0 unspecified atom stereocenters. The van der Waals surface area contributed by atoms with Gasteiger partial charge in [0.1, 0.15) is 5.82 Å². The fourth-order valence-corrected chi connectivity index (χ4v) is 3.85. The highest BCUT2D eigenvalue weighted by Crippen LogP contribution is 2.38. The molecule has 3 aromatic carbocycles. The number of carbonyl (C=O) groups excluding carboxylic acids is 1. The summed E-state index contributed by atoms with van der Waals surface area (Å²) in [5.74, 6) is 0.711. The number of fused-ring (bicyclic) bond motifs is 2. The van der Waals surface area contributed by atoms with Crippen LogP contribution in [0, 0.1) is 0 Å². The second kappa shape index (κ2) is 6.25. The van der Waals surface area contributed by atoms with Crippen LogP contribution in [0.1, 0.15) is 23.5 Å². The molecule has 4 aromatic rings. The Kier molecular flexibility index (Phi) is 3.73. The minimum atomic E-state index is -0.0144. The van der Waals surface area contributed by atoms with Crippen molar-refractivity contribution in [2.24, 2.45) is 0 Å². The van der Waals surface area contributed by atoms with Crippen molar-refractivity contribution in [1.82, 2.24) is 9.78 Å². The van der Waals surface area contributed by atoms with Crippen molar-refractivity contribution in [3.05, 3.63) is 89.1 Å². The summed E-state index contributed by atoms with van der Waals surface area (Å²) in [6, 6.07) is 22.1. The number of amides is 1. The minimum Gasteiger partial charge on any atom is -0.310 e. The van der Waals surface area contributed by atoms with Gasteiger partial charge < -0.3 is 5.32 Å². The summed E-state index contributed by atoms with van der Waals surface area (Å²) >= 11 is 5.99. The van der Waals surface area contributed by atoms with Crippen LogP contribution in [0.5, 0.6) is 0 Å². The Morgan fingerprint density at radius 3 is 2.59 bits per heavy atom. The molecule has 2 heterocycles. The van der Waals surface area contributed by atoms with Crippen LogP contribution < -0.4 is 5.32 Å². The lowest BCUT2D eigenvalue weighted by atomic mass is 9.86. The molecule has 1 aromatic heterocycles. The first-order chi connectivity index (χ1) is 13.2. The average molecular weight is 374 g/mol. The smallest absolute Gasteiger partial charge is 0.226 e. The molecule has 4 nitrogen and oxygen atoms in total. The molecule has 0 saturated heterocycles. The summed E-state index contributed by atoms with van der Waals surface area (Å²) in [4.78, 5) is 12.4. The molecule has 132 valence electrons. The summed E-state index contributed by atoms with van der Waals surface area (Å²) in [5, 5.41) is 10.5. The second-order valence-corrected chi connectivity index (χ2v) is 7.18. The van der Waals surface area contributed by atoms with Crippen molar-refractivity contribution in [2.75, 3.05) is 5.32 Å². The Labute approximate surface area is 161 Å². The van der Waals surface area contributed by atoms with Gasteiger partial charge in [-0.2, -0.15) is 5.10 Å². The number of carbonyl (C=O) groups is 1. The molecule has 1 amide bonds. The van der Waals surface area contributed by atoms with Crippen LogP contribution in [0.2, 0.25) is 5.02 Å². The topological polar surface area (TPSA) is 46.9 Å². The predicted molar refractivity (Wildman–Crippen MR) is 108 cm³/mol. The van der Waals surface area contributed by atoms with E-state index in [9.17, 15) is 4.79 Å². The number of halogens is 1. The van der Waals surface area contributed by atoms with E-state index in [0.717, 1.165) is 22.6 Å². The highest BCUT2D eigenvalue weighted by atomic mass is 35.5. The van der Waals surface area contributed by atoms with E-state index in [2.05, 4.69) is 40.7 Å². The van der Waals surface area contributed by atoms with E-state index in [-0.39, 0.29) is 11.8 Å². The van der Waals surface area contributed by atoms with Gasteiger partial charge in [0, 0.05) is 22.9 Å². The Balaban J connectivity index is 1.62. The zero-order chi connectivity index (χ0) is 18.4. The summed E-state index contributed by atoms with van der Waals surface area (Å²) in [6.45, 7) is 0. The number of nitrogens with one attached hydrogen (secondary N) is 1. The normalized spacial score (nSPS) is 16.2. The molecule has 1 aliphatic rings. The van der Waals surface area contributed by atoms with Gasteiger partial charge in [-0.05, 0) is 40.6 Å². The van der Waals surface area contributed by atoms with Gasteiger partial charge in [0.05, 0.1) is 11.9 Å². The van der Waals surface area contributed by atoms with Crippen LogP contribution in [0.4, 0.5) is 5.82 Å². The summed E-state index contributed by atoms with van der Waals surface area (Å²) < 4.78 is 1.76. The molecule has 27 heavy (non-hydrogen) atoms. The Hall–Kier alpha value is -3.11. The molecule has 1 N–H and O–H groups in total. The van der Waals surface area contributed by atoms with Gasteiger partial charge in [-0.1, -0.05) is 54.1 Å². The number of aromatic nitrogens is 2. The van der Waals surface area contributed by atoms with E-state index in [1.807, 2.05) is 42.6 Å². The van der Waals surface area contributed by atoms with Crippen molar-refractivity contribution < 1.29 is 4.79 Å². The molecule has 0 saturated carbocycles. The molecule has 0 fully saturated rings. The molecule has 0 aliphatic carbocycles. The van der Waals surface area contributed by atoms with Crippen LogP contribution >= 0.6 is 11.6 Å². The molecule has 1 aliphatic heterocycles. The first kappa shape index (κ1) is 16.1. The molecular weight excluding hydrogens is 358 g/mol. The lowest BCUT2D eigenvalue weighted by Crippen LogP contribution is -2.24. The van der Waals surface area contributed by atoms with Crippen molar-refractivity contribution in [3.8, 4) is 5.69 Å². The number of hydrogen-bond acceptors (Lipinski definition) is 2. The lowest BCUT2D eigenvalue weighted by molar-refractivity contribution is -0.116. The molecule has 5 rings (SSSR count). The van der Waals surface area contributed by atoms with E-state index >= 15 is 0 Å². The zero-order valence-electron chi connectivity index (χ0n) is 14.4. The Morgan fingerprint density at radius 2 is 1.78 bits per heavy atom. The second-order valence-electron chi connectivity index (χ2n) is 6.75. The predicted octanol–water partition coefficient (Wildman–Crippen LogP) is 5.15. The molecule has 0 bridgehead atoms. The first-order valence-electron chi connectivity index (χ1n) is 8.81. The van der Waals surface area contributed by atoms with E-state index in [0.29, 0.717) is 11.4 Å². The number of rotatable bonds is 2. The maximum absolute atomic E-state index is 12.4. The monoisotopic (exact) mass is 373 g/mol. The maximum atomic E-state index is 12.4. The van der Waals surface area contributed by atoms with Crippen molar-refractivity contribution >= 4 is 34.1 Å². The third-order valence-corrected chi connectivity index (χ3v) is 5.32. The zero-order valence-corrected chi connectivity index (χ0v) is 15.1. The van der Waals surface area contributed by atoms with Gasteiger partial charge in [-0.15, -0.1) is 0 Å². The van der Waals surface area contributed by atoms with E-state index in [1.54, 1.807) is 4.68 Å². The fraction of sp³-hybridized carbons (Fsp3) is 0.0909. The van der Waals surface area contributed by atoms with E-state index < -0.39 is 0 Å². The standard InChI is InChI=1S/C22H16ClN3O/c23-17-7-9-18(10-8-17)26-22-20(13-24-26)19(12-21(27)25-22)16-6-5-14-3-1-2-4-15(14)11-16/h1-11,13,19H,12H2,(H,25,27)/t19-/m0/s1. The van der Waals surface area contributed by atoms with Crippen LogP contribution in [-0.4, -0.2) is 15.7 Å². The molecular formula is C22H16ClN3O. The van der Waals surface area contributed by atoms with E-state index in [1.165, 1.54) is 10.8 Å². The molecule has 1 atom stereocenters. The van der Waals surface area contributed by atoms with Crippen LogP contribution in [0.15, 0.2) is 72.9 Å². The van der Waals surface area contributed by atoms with Gasteiger partial charge in [0.15, 0.2) is 0 Å². The molecule has 0 spiro atoms. The quantitative estimate of drug-likeness (QED) is 0.528. The fourth-order valence-electron chi connectivity index (χ4n) is 3.72. The van der Waals surface area contributed by atoms with Crippen molar-refractivity contribution in [3.63, 3.8) is 0 Å². The molecule has 0 radical (unpaired) electrons. The number of anilines is 1. The summed E-state index contributed by atoms with van der Waals surface area (Å²) in [6.07, 6.45) is 2.26. The maximum Gasteiger partial charge on any atom is 0.226 e. The highest BCUT2D eigenvalue weighted by molar-refractivity contribution is 6.30. The molecule has 5 heteroatoms. The summed E-state index contributed by atoms with van der Waals surface area (Å²) in [7, 11) is 0. The third-order valence-electron chi connectivity index (χ3n) is 5.07. The van der Waals surface area contributed by atoms with Crippen LogP contribution in [0.25, 0.3) is 16.5 Å². The van der Waals surface area contributed by atoms with Crippen LogP contribution in [-0.2, 0) is 4.79 Å². The SMILES string of the molecule is O=C1C[C@@H](c2ccc3ccccc3c2)c2cnn(-c3ccc(Cl)cc3)c2N1. The number of benzene rings is 3. The Bertz CT molecular complexity index is 1160. The average Bonchev–Trinajstić information content (AvgIpc) is 3.11. The third kappa shape index (κ3) is 2.78. The minimum absolute atomic E-state index is 0.00336. The van der Waals surface area contributed by atoms with Gasteiger partial charge in [0.2, 0.25) is 5.91 Å². The van der Waals surface area contributed by atoms with Gasteiger partial charge >= 0.3 is 0 Å². The largest absolute Gasteiger partial charge is 0.310 e. The number of hydrogen-bond donors (Lipinski definition) is 1. The van der Waals surface area contributed by atoms with Gasteiger partial charge in [0.25, 0.3) is 0 Å². The van der Waals surface area contributed by atoms with E-state index in [4.69, 9.17) is 11.6 Å². The lowest BCUT2D eigenvalue weighted by Gasteiger charge is -2.24.